The van der Waals surface area contributed by atoms with E-state index in [0.29, 0.717) is 11.5 Å². The van der Waals surface area contributed by atoms with Crippen LogP contribution < -0.4 is 4.90 Å². The number of carboxylic acids is 1. The van der Waals surface area contributed by atoms with Crippen molar-refractivity contribution in [1.29, 1.82) is 0 Å². The van der Waals surface area contributed by atoms with E-state index in [0.717, 1.165) is 0 Å². The Morgan fingerprint density at radius 2 is 2.18 bits per heavy atom. The van der Waals surface area contributed by atoms with Crippen molar-refractivity contribution >= 4 is 17.4 Å². The molecule has 5 heteroatoms. The van der Waals surface area contributed by atoms with Gasteiger partial charge in [-0.05, 0) is 26.0 Å². The molecule has 0 aliphatic heterocycles. The van der Waals surface area contributed by atoms with Crippen LogP contribution in [0, 0.1) is 0 Å². The normalized spacial score (nSPS) is 11.1. The number of anilines is 1. The molecule has 5 nitrogen and oxygen atoms in total. The summed E-state index contributed by atoms with van der Waals surface area (Å²) >= 11 is 0. The Labute approximate surface area is 99.3 Å². The summed E-state index contributed by atoms with van der Waals surface area (Å²) in [5.74, 6) is -0.468. The predicted octanol–water partition coefficient (Wildman–Crippen LogP) is 1.88. The highest BCUT2D eigenvalue weighted by Gasteiger charge is 2.22. The zero-order valence-corrected chi connectivity index (χ0v) is 10.1. The van der Waals surface area contributed by atoms with E-state index in [2.05, 4.69) is 4.98 Å². The largest absolute Gasteiger partial charge is 0.476 e. The molecule has 0 amide bonds. The second-order valence-electron chi connectivity index (χ2n) is 4.22. The summed E-state index contributed by atoms with van der Waals surface area (Å²) in [4.78, 5) is 17.6. The fourth-order valence-corrected chi connectivity index (χ4v) is 1.67. The molecule has 2 heterocycles. The number of nitrogens with zero attached hydrogens (tertiary/aromatic N) is 3. The highest BCUT2D eigenvalue weighted by molar-refractivity contribution is 5.93. The van der Waals surface area contributed by atoms with Gasteiger partial charge in [0, 0.05) is 19.3 Å². The van der Waals surface area contributed by atoms with Gasteiger partial charge in [-0.3, -0.25) is 4.40 Å². The van der Waals surface area contributed by atoms with Crippen molar-refractivity contribution in [2.45, 2.75) is 19.9 Å². The van der Waals surface area contributed by atoms with Gasteiger partial charge in [0.25, 0.3) is 0 Å². The number of hydrogen-bond acceptors (Lipinski definition) is 3. The third-order valence-corrected chi connectivity index (χ3v) is 2.82. The molecule has 0 bridgehead atoms. The van der Waals surface area contributed by atoms with Crippen molar-refractivity contribution < 1.29 is 9.90 Å². The fraction of sp³-hybridized carbons (Fsp3) is 0.333. The van der Waals surface area contributed by atoms with Crippen LogP contribution in [-0.4, -0.2) is 33.6 Å². The minimum atomic E-state index is -0.966. The molecule has 0 aliphatic rings. The summed E-state index contributed by atoms with van der Waals surface area (Å²) in [6, 6.07) is 5.62. The van der Waals surface area contributed by atoms with E-state index in [-0.39, 0.29) is 11.7 Å². The molecule has 0 aliphatic carbocycles. The Hall–Kier alpha value is -2.04. The zero-order chi connectivity index (χ0) is 12.6. The Kier molecular flexibility index (Phi) is 2.75. The van der Waals surface area contributed by atoms with Gasteiger partial charge in [0.15, 0.2) is 11.5 Å². The van der Waals surface area contributed by atoms with Gasteiger partial charge in [-0.1, -0.05) is 6.07 Å². The van der Waals surface area contributed by atoms with Crippen molar-refractivity contribution in [2.75, 3.05) is 11.9 Å². The molecule has 0 aromatic carbocycles. The second kappa shape index (κ2) is 4.08. The Bertz CT molecular complexity index is 560. The number of fused-ring (bicyclic) bond motifs is 1. The highest BCUT2D eigenvalue weighted by atomic mass is 16.4. The van der Waals surface area contributed by atoms with Crippen LogP contribution in [-0.2, 0) is 0 Å². The predicted molar refractivity (Wildman–Crippen MR) is 65.7 cm³/mol. The minimum absolute atomic E-state index is 0.193. The number of aromatic carboxylic acids is 1. The van der Waals surface area contributed by atoms with Crippen LogP contribution in [0.1, 0.15) is 24.3 Å². The van der Waals surface area contributed by atoms with E-state index in [9.17, 15) is 9.90 Å². The topological polar surface area (TPSA) is 57.8 Å². The van der Waals surface area contributed by atoms with Crippen LogP contribution in [0.15, 0.2) is 24.4 Å². The monoisotopic (exact) mass is 233 g/mol. The van der Waals surface area contributed by atoms with Crippen LogP contribution in [0.25, 0.3) is 5.65 Å². The SMILES string of the molecule is CC(C)N(C)c1nc2ccccn2c1C(=O)O. The number of imidazole rings is 1. The van der Waals surface area contributed by atoms with E-state index in [1.807, 2.05) is 31.9 Å². The molecular weight excluding hydrogens is 218 g/mol. The average Bonchev–Trinajstić information content (AvgIpc) is 2.66. The summed E-state index contributed by atoms with van der Waals surface area (Å²) in [5, 5.41) is 9.30. The Morgan fingerprint density at radius 3 is 2.76 bits per heavy atom. The molecule has 0 unspecified atom stereocenters. The van der Waals surface area contributed by atoms with Crippen LogP contribution in [0.5, 0.6) is 0 Å². The minimum Gasteiger partial charge on any atom is -0.476 e. The Balaban J connectivity index is 2.70. The number of rotatable bonds is 3. The lowest BCUT2D eigenvalue weighted by molar-refractivity contribution is 0.0690. The van der Waals surface area contributed by atoms with Crippen molar-refractivity contribution in [2.24, 2.45) is 0 Å². The molecule has 2 aromatic rings. The molecule has 90 valence electrons. The molecule has 2 rings (SSSR count). The van der Waals surface area contributed by atoms with E-state index < -0.39 is 5.97 Å². The lowest BCUT2D eigenvalue weighted by Gasteiger charge is -2.21. The smallest absolute Gasteiger partial charge is 0.356 e. The molecule has 1 N–H and O–H groups in total. The highest BCUT2D eigenvalue weighted by Crippen LogP contribution is 2.22. The summed E-state index contributed by atoms with van der Waals surface area (Å²) in [5.41, 5.74) is 0.851. The summed E-state index contributed by atoms with van der Waals surface area (Å²) in [6.45, 7) is 3.99. The van der Waals surface area contributed by atoms with Crippen LogP contribution in [0.2, 0.25) is 0 Å². The van der Waals surface area contributed by atoms with Gasteiger partial charge in [-0.25, -0.2) is 9.78 Å². The Morgan fingerprint density at radius 1 is 1.47 bits per heavy atom. The van der Waals surface area contributed by atoms with Crippen LogP contribution >= 0.6 is 0 Å². The molecule has 0 radical (unpaired) electrons. The van der Waals surface area contributed by atoms with Crippen molar-refractivity contribution in [3.8, 4) is 0 Å². The van der Waals surface area contributed by atoms with Gasteiger partial charge in [-0.15, -0.1) is 0 Å². The third-order valence-electron chi connectivity index (χ3n) is 2.82. The molecule has 0 atom stereocenters. The molecule has 2 aromatic heterocycles. The fourth-order valence-electron chi connectivity index (χ4n) is 1.67. The van der Waals surface area contributed by atoms with Gasteiger partial charge in [0.2, 0.25) is 0 Å². The van der Waals surface area contributed by atoms with Crippen molar-refractivity contribution in [1.82, 2.24) is 9.38 Å². The first-order chi connectivity index (χ1) is 8.02. The van der Waals surface area contributed by atoms with Crippen molar-refractivity contribution in [3.05, 3.63) is 30.1 Å². The number of aromatic nitrogens is 2. The molecule has 0 spiro atoms. The van der Waals surface area contributed by atoms with Gasteiger partial charge < -0.3 is 10.0 Å². The number of carbonyl (C=O) groups is 1. The first kappa shape index (κ1) is 11.4. The molecular formula is C12H15N3O2. The van der Waals surface area contributed by atoms with E-state index in [1.165, 1.54) is 0 Å². The summed E-state index contributed by atoms with van der Waals surface area (Å²) in [6.07, 6.45) is 1.71. The lowest BCUT2D eigenvalue weighted by atomic mass is 10.3. The molecule has 17 heavy (non-hydrogen) atoms. The van der Waals surface area contributed by atoms with Gasteiger partial charge >= 0.3 is 5.97 Å². The number of pyridine rings is 1. The third kappa shape index (κ3) is 1.84. The second-order valence-corrected chi connectivity index (χ2v) is 4.22. The summed E-state index contributed by atoms with van der Waals surface area (Å²) in [7, 11) is 1.85. The van der Waals surface area contributed by atoms with E-state index >= 15 is 0 Å². The summed E-state index contributed by atoms with van der Waals surface area (Å²) < 4.78 is 1.59. The van der Waals surface area contributed by atoms with Gasteiger partial charge in [0.05, 0.1) is 0 Å². The maximum absolute atomic E-state index is 11.3. The van der Waals surface area contributed by atoms with Crippen molar-refractivity contribution in [3.63, 3.8) is 0 Å². The van der Waals surface area contributed by atoms with E-state index in [4.69, 9.17) is 0 Å². The van der Waals surface area contributed by atoms with E-state index in [1.54, 1.807) is 22.7 Å². The molecule has 0 saturated carbocycles. The molecule has 0 saturated heterocycles. The lowest BCUT2D eigenvalue weighted by Crippen LogP contribution is -2.27. The maximum Gasteiger partial charge on any atom is 0.356 e. The quantitative estimate of drug-likeness (QED) is 0.879. The zero-order valence-electron chi connectivity index (χ0n) is 10.1. The first-order valence-electron chi connectivity index (χ1n) is 5.45. The van der Waals surface area contributed by atoms with Crippen LogP contribution in [0.3, 0.4) is 0 Å². The first-order valence-corrected chi connectivity index (χ1v) is 5.45. The van der Waals surface area contributed by atoms with Gasteiger partial charge in [-0.2, -0.15) is 0 Å². The average molecular weight is 233 g/mol. The maximum atomic E-state index is 11.3. The molecule has 0 fully saturated rings. The number of carboxylic acid groups (broad SMARTS) is 1. The number of hydrogen-bond donors (Lipinski definition) is 1. The standard InChI is InChI=1S/C12H15N3O2/c1-8(2)14(3)11-10(12(16)17)15-7-5-4-6-9(15)13-11/h4-8H,1-3H3,(H,16,17). The van der Waals surface area contributed by atoms with Gasteiger partial charge in [0.1, 0.15) is 5.65 Å². The van der Waals surface area contributed by atoms with Crippen LogP contribution in [0.4, 0.5) is 5.82 Å².